The average Bonchev–Trinajstić information content (AvgIpc) is 3.27. The van der Waals surface area contributed by atoms with E-state index in [1.165, 1.54) is 25.5 Å². The quantitative estimate of drug-likeness (QED) is 0.273. The fourth-order valence-corrected chi connectivity index (χ4v) is 4.13. The Balaban J connectivity index is 1.63. The Labute approximate surface area is 142 Å². The maximum atomic E-state index is 12.6. The van der Waals surface area contributed by atoms with Crippen molar-refractivity contribution in [2.24, 2.45) is 28.8 Å². The lowest BCUT2D eigenvalue weighted by Gasteiger charge is -2.13. The maximum absolute atomic E-state index is 12.6. The number of amides is 2. The summed E-state index contributed by atoms with van der Waals surface area (Å²) in [5.41, 5.74) is 0.125. The second-order valence-electron chi connectivity index (χ2n) is 6.39. The monoisotopic (exact) mass is 341 g/mol. The van der Waals surface area contributed by atoms with Crippen LogP contribution in [-0.2, 0) is 9.59 Å². The molecule has 4 rings (SSSR count). The molecule has 0 aromatic heterocycles. The van der Waals surface area contributed by atoms with Crippen molar-refractivity contribution in [1.29, 1.82) is 0 Å². The first kappa shape index (κ1) is 15.5. The Morgan fingerprint density at radius 2 is 1.88 bits per heavy atom. The molecule has 8 heteroatoms. The first-order valence-corrected chi connectivity index (χ1v) is 7.94. The smallest absolute Gasteiger partial charge is 0.311 e. The number of carbonyl (C=O) groups excluding carboxylic acids is 2. The van der Waals surface area contributed by atoms with Gasteiger partial charge in [0, 0.05) is 11.6 Å². The Morgan fingerprint density at radius 1 is 1.24 bits per heavy atom. The van der Waals surface area contributed by atoms with E-state index in [1.807, 2.05) is 12.2 Å². The zero-order valence-corrected chi connectivity index (χ0v) is 13.4. The molecule has 0 radical (unpaired) electrons. The third-order valence-corrected chi connectivity index (χ3v) is 5.18. The van der Waals surface area contributed by atoms with Crippen molar-refractivity contribution in [2.45, 2.75) is 6.42 Å². The summed E-state index contributed by atoms with van der Waals surface area (Å²) in [4.78, 5) is 35.6. The third-order valence-electron chi connectivity index (χ3n) is 5.18. The van der Waals surface area contributed by atoms with Gasteiger partial charge in [0.15, 0.2) is 0 Å². The standard InChI is InChI=1S/C17H15N3O5/c1-25-15-11(3-2-4-12(15)20(23)24)8-18-19-16(21)13-9-5-6-10(7-9)14(13)17(19)22/h2-6,8-10,13-14H,7H2,1H3. The highest BCUT2D eigenvalue weighted by Gasteiger charge is 2.59. The van der Waals surface area contributed by atoms with E-state index in [0.29, 0.717) is 5.56 Å². The van der Waals surface area contributed by atoms with Crippen molar-refractivity contribution in [3.63, 3.8) is 0 Å². The molecule has 1 aliphatic heterocycles. The average molecular weight is 341 g/mol. The van der Waals surface area contributed by atoms with Crippen molar-refractivity contribution < 1.29 is 19.2 Å². The first-order valence-electron chi connectivity index (χ1n) is 7.94. The third kappa shape index (κ3) is 2.17. The highest BCUT2D eigenvalue weighted by Crippen LogP contribution is 2.52. The first-order chi connectivity index (χ1) is 12.0. The molecule has 2 fully saturated rings. The number of hydrazone groups is 1. The molecule has 1 aromatic rings. The van der Waals surface area contributed by atoms with Gasteiger partial charge in [-0.05, 0) is 24.3 Å². The minimum absolute atomic E-state index is 0.0391. The highest BCUT2D eigenvalue weighted by atomic mass is 16.6. The summed E-state index contributed by atoms with van der Waals surface area (Å²) < 4.78 is 5.09. The van der Waals surface area contributed by atoms with Crippen LogP contribution >= 0.6 is 0 Å². The molecule has 1 aromatic carbocycles. The summed E-state index contributed by atoms with van der Waals surface area (Å²) in [5.74, 6) is -0.992. The number of nitro benzene ring substituents is 1. The number of nitro groups is 1. The van der Waals surface area contributed by atoms with Gasteiger partial charge in [0.05, 0.1) is 30.1 Å². The van der Waals surface area contributed by atoms with E-state index in [-0.39, 0.29) is 46.9 Å². The van der Waals surface area contributed by atoms with Crippen LogP contribution in [0.1, 0.15) is 12.0 Å². The molecule has 25 heavy (non-hydrogen) atoms. The molecule has 1 saturated heterocycles. The Hall–Kier alpha value is -3.03. The van der Waals surface area contributed by atoms with Crippen LogP contribution in [0.4, 0.5) is 5.69 Å². The molecule has 2 amide bonds. The van der Waals surface area contributed by atoms with E-state index >= 15 is 0 Å². The SMILES string of the molecule is COc1c(C=NN2C(=O)C3C4C=CC(C4)C3C2=O)cccc1[N+](=O)[O-]. The number of carbonyl (C=O) groups is 2. The Morgan fingerprint density at radius 3 is 2.44 bits per heavy atom. The van der Waals surface area contributed by atoms with Gasteiger partial charge in [-0.2, -0.15) is 10.1 Å². The van der Waals surface area contributed by atoms with Gasteiger partial charge in [-0.15, -0.1) is 0 Å². The van der Waals surface area contributed by atoms with Gasteiger partial charge in [-0.1, -0.05) is 18.2 Å². The van der Waals surface area contributed by atoms with Crippen LogP contribution in [0.3, 0.4) is 0 Å². The second-order valence-corrected chi connectivity index (χ2v) is 6.39. The van der Waals surface area contributed by atoms with Gasteiger partial charge >= 0.3 is 5.69 Å². The van der Waals surface area contributed by atoms with Crippen molar-refractivity contribution in [3.8, 4) is 5.75 Å². The number of hydrogen-bond acceptors (Lipinski definition) is 6. The van der Waals surface area contributed by atoms with E-state index in [0.717, 1.165) is 11.4 Å². The van der Waals surface area contributed by atoms with Crippen molar-refractivity contribution in [3.05, 3.63) is 46.0 Å². The summed E-state index contributed by atoms with van der Waals surface area (Å²) in [6.45, 7) is 0. The van der Waals surface area contributed by atoms with Crippen LogP contribution in [0.5, 0.6) is 5.75 Å². The van der Waals surface area contributed by atoms with E-state index in [9.17, 15) is 19.7 Å². The van der Waals surface area contributed by atoms with Gasteiger partial charge in [-0.3, -0.25) is 19.7 Å². The lowest BCUT2D eigenvalue weighted by Crippen LogP contribution is -2.28. The van der Waals surface area contributed by atoms with E-state index in [4.69, 9.17) is 4.74 Å². The molecule has 2 bridgehead atoms. The number of imide groups is 1. The molecule has 128 valence electrons. The van der Waals surface area contributed by atoms with Crippen LogP contribution in [0, 0.1) is 33.8 Å². The van der Waals surface area contributed by atoms with Crippen LogP contribution in [0.2, 0.25) is 0 Å². The molecule has 0 N–H and O–H groups in total. The minimum Gasteiger partial charge on any atom is -0.490 e. The molecular formula is C17H15N3O5. The van der Waals surface area contributed by atoms with E-state index in [2.05, 4.69) is 5.10 Å². The molecule has 0 spiro atoms. The van der Waals surface area contributed by atoms with Gasteiger partial charge in [0.25, 0.3) is 11.8 Å². The number of nitrogens with zero attached hydrogens (tertiary/aromatic N) is 3. The number of methoxy groups -OCH3 is 1. The molecule has 2 aliphatic carbocycles. The zero-order chi connectivity index (χ0) is 17.7. The van der Waals surface area contributed by atoms with Crippen molar-refractivity contribution >= 4 is 23.7 Å². The predicted molar refractivity (Wildman–Crippen MR) is 86.8 cm³/mol. The summed E-state index contributed by atoms with van der Waals surface area (Å²) in [6.07, 6.45) is 6.13. The molecular weight excluding hydrogens is 326 g/mol. The number of benzene rings is 1. The minimum atomic E-state index is -0.559. The van der Waals surface area contributed by atoms with Gasteiger partial charge in [-0.25, -0.2) is 0 Å². The van der Waals surface area contributed by atoms with Crippen LogP contribution in [-0.4, -0.2) is 35.1 Å². The molecule has 3 aliphatic rings. The zero-order valence-electron chi connectivity index (χ0n) is 13.4. The van der Waals surface area contributed by atoms with Crippen molar-refractivity contribution in [1.82, 2.24) is 5.01 Å². The van der Waals surface area contributed by atoms with Gasteiger partial charge in [0.2, 0.25) is 5.75 Å². The maximum Gasteiger partial charge on any atom is 0.311 e. The summed E-state index contributed by atoms with van der Waals surface area (Å²) in [7, 11) is 1.32. The molecule has 4 atom stereocenters. The number of rotatable bonds is 4. The summed E-state index contributed by atoms with van der Waals surface area (Å²) in [5, 5.41) is 16.0. The van der Waals surface area contributed by atoms with Crippen LogP contribution in [0.15, 0.2) is 35.5 Å². The van der Waals surface area contributed by atoms with Gasteiger partial charge < -0.3 is 4.74 Å². The van der Waals surface area contributed by atoms with Gasteiger partial charge in [0.1, 0.15) is 0 Å². The van der Waals surface area contributed by atoms with Crippen LogP contribution in [0.25, 0.3) is 0 Å². The van der Waals surface area contributed by atoms with Crippen molar-refractivity contribution in [2.75, 3.05) is 7.11 Å². The Bertz CT molecular complexity index is 817. The Kier molecular flexibility index (Phi) is 3.41. The second kappa shape index (κ2) is 5.51. The normalized spacial score (nSPS) is 29.7. The number of ether oxygens (including phenoxy) is 1. The summed E-state index contributed by atoms with van der Waals surface area (Å²) >= 11 is 0. The molecule has 1 heterocycles. The molecule has 1 saturated carbocycles. The fourth-order valence-electron chi connectivity index (χ4n) is 4.13. The van der Waals surface area contributed by atoms with E-state index < -0.39 is 4.92 Å². The largest absolute Gasteiger partial charge is 0.490 e. The number of para-hydroxylation sites is 1. The predicted octanol–water partition coefficient (Wildman–Crippen LogP) is 1.74. The topological polar surface area (TPSA) is 102 Å². The fraction of sp³-hybridized carbons (Fsp3) is 0.353. The highest BCUT2D eigenvalue weighted by molar-refractivity contribution is 6.07. The van der Waals surface area contributed by atoms with E-state index in [1.54, 1.807) is 6.07 Å². The number of allylic oxidation sites excluding steroid dienone is 2. The lowest BCUT2D eigenvalue weighted by atomic mass is 9.85. The summed E-state index contributed by atoms with van der Waals surface area (Å²) in [6, 6.07) is 4.39. The van der Waals surface area contributed by atoms with Crippen LogP contribution < -0.4 is 4.74 Å². The lowest BCUT2D eigenvalue weighted by molar-refractivity contribution is -0.385. The number of hydrogen-bond donors (Lipinski definition) is 0. The molecule has 8 nitrogen and oxygen atoms in total. The molecule has 4 unspecified atom stereocenters. The number of fused-ring (bicyclic) bond motifs is 5.